The molecule has 1 aromatic carbocycles. The minimum absolute atomic E-state index is 0. The molecule has 9 heteroatoms. The van der Waals surface area contributed by atoms with Crippen molar-refractivity contribution in [2.24, 2.45) is 11.8 Å². The topological polar surface area (TPSA) is 82.9 Å². The Labute approximate surface area is 237 Å². The van der Waals surface area contributed by atoms with Crippen LogP contribution in [-0.4, -0.2) is 63.8 Å². The smallest absolute Gasteiger partial charge is 0.308 e. The Balaban J connectivity index is 0.00000241. The zero-order valence-corrected chi connectivity index (χ0v) is 24.2. The summed E-state index contributed by atoms with van der Waals surface area (Å²) in [5.41, 5.74) is 1.65. The van der Waals surface area contributed by atoms with Crippen LogP contribution in [0, 0.1) is 11.8 Å². The quantitative estimate of drug-likeness (QED) is 0.319. The normalized spacial score (nSPS) is 21.9. The number of hydrogen-bond donors (Lipinski definition) is 2. The molecule has 0 spiro atoms. The molecule has 1 aliphatic carbocycles. The molecule has 1 aliphatic heterocycles. The lowest BCUT2D eigenvalue weighted by Crippen LogP contribution is -2.44. The SMILES string of the molecule is COc1ccc2nccc(C(O)CCC3CCN(CCSC4CCCCCC4)CC3C(=O)O)c2c1.Cl.Cl. The molecule has 6 nitrogen and oxygen atoms in total. The van der Waals surface area contributed by atoms with Crippen molar-refractivity contribution in [1.29, 1.82) is 0 Å². The number of rotatable bonds is 10. The van der Waals surface area contributed by atoms with Gasteiger partial charge in [0.1, 0.15) is 5.75 Å². The molecule has 3 atom stereocenters. The number of carboxylic acid groups (broad SMARTS) is 1. The van der Waals surface area contributed by atoms with E-state index < -0.39 is 12.1 Å². The van der Waals surface area contributed by atoms with Crippen LogP contribution in [0.4, 0.5) is 0 Å². The van der Waals surface area contributed by atoms with Gasteiger partial charge in [-0.25, -0.2) is 0 Å². The van der Waals surface area contributed by atoms with Crippen LogP contribution in [0.15, 0.2) is 30.5 Å². The fourth-order valence-corrected chi connectivity index (χ4v) is 7.11. The first-order valence-corrected chi connectivity index (χ1v) is 14.3. The maximum Gasteiger partial charge on any atom is 0.308 e. The Morgan fingerprint density at radius 1 is 1.16 bits per heavy atom. The molecule has 0 amide bonds. The molecular formula is C28H42Cl2N2O4S. The first-order chi connectivity index (χ1) is 17.0. The third-order valence-corrected chi connectivity index (χ3v) is 9.23. The van der Waals surface area contributed by atoms with Crippen molar-refractivity contribution in [3.8, 4) is 5.75 Å². The van der Waals surface area contributed by atoms with E-state index in [1.807, 2.05) is 24.3 Å². The molecule has 2 heterocycles. The van der Waals surface area contributed by atoms with Crippen LogP contribution in [0.5, 0.6) is 5.75 Å². The highest BCUT2D eigenvalue weighted by Crippen LogP contribution is 2.34. The van der Waals surface area contributed by atoms with Crippen LogP contribution < -0.4 is 4.74 Å². The molecule has 2 N–H and O–H groups in total. The number of carbonyl (C=O) groups is 1. The average molecular weight is 574 g/mol. The minimum atomic E-state index is -0.704. The Bertz CT molecular complexity index is 974. The highest BCUT2D eigenvalue weighted by Gasteiger charge is 2.34. The fourth-order valence-electron chi connectivity index (χ4n) is 5.75. The standard InChI is InChI=1S/C28H40N2O4S.2ClH/c1-34-21-9-10-26-24(18-21)23(12-14-29-26)27(31)11-8-20-13-15-30(19-25(20)28(32)33)16-17-35-22-6-4-2-3-5-7-22;;/h9-10,12,14,18,20,22,25,27,31H,2-8,11,13,15-17,19H2,1H3,(H,32,33);2*1H. The van der Waals surface area contributed by atoms with Crippen LogP contribution in [0.25, 0.3) is 10.9 Å². The number of pyridine rings is 1. The summed E-state index contributed by atoms with van der Waals surface area (Å²) in [5, 5.41) is 22.6. The van der Waals surface area contributed by atoms with Crippen molar-refractivity contribution < 1.29 is 19.7 Å². The van der Waals surface area contributed by atoms with Gasteiger partial charge in [-0.1, -0.05) is 25.7 Å². The van der Waals surface area contributed by atoms with Crippen molar-refractivity contribution >= 4 is 53.4 Å². The second-order valence-electron chi connectivity index (χ2n) is 10.2. The average Bonchev–Trinajstić information content (AvgIpc) is 3.15. The van der Waals surface area contributed by atoms with Gasteiger partial charge in [0.2, 0.25) is 0 Å². The van der Waals surface area contributed by atoms with E-state index in [1.165, 1.54) is 38.5 Å². The van der Waals surface area contributed by atoms with Gasteiger partial charge in [0.15, 0.2) is 0 Å². The number of halogens is 2. The van der Waals surface area contributed by atoms with Gasteiger partial charge >= 0.3 is 5.97 Å². The summed E-state index contributed by atoms with van der Waals surface area (Å²) in [6.45, 7) is 2.55. The Hall–Kier alpha value is -1.25. The molecule has 37 heavy (non-hydrogen) atoms. The third-order valence-electron chi connectivity index (χ3n) is 7.87. The number of hydrogen-bond acceptors (Lipinski definition) is 6. The van der Waals surface area contributed by atoms with Gasteiger partial charge in [-0.05, 0) is 74.4 Å². The van der Waals surface area contributed by atoms with Crippen molar-refractivity contribution in [2.75, 3.05) is 32.5 Å². The van der Waals surface area contributed by atoms with E-state index in [0.29, 0.717) is 19.4 Å². The molecular weight excluding hydrogens is 531 g/mol. The monoisotopic (exact) mass is 572 g/mol. The van der Waals surface area contributed by atoms with Crippen molar-refractivity contribution in [2.45, 2.75) is 69.1 Å². The van der Waals surface area contributed by atoms with E-state index in [1.54, 1.807) is 13.3 Å². The van der Waals surface area contributed by atoms with E-state index >= 15 is 0 Å². The van der Waals surface area contributed by atoms with Crippen LogP contribution in [0.1, 0.15) is 69.5 Å². The number of nitrogens with zero attached hydrogens (tertiary/aromatic N) is 2. The summed E-state index contributed by atoms with van der Waals surface area (Å²) in [6, 6.07) is 7.53. The number of fused-ring (bicyclic) bond motifs is 1. The largest absolute Gasteiger partial charge is 0.497 e. The van der Waals surface area contributed by atoms with Crippen LogP contribution in [-0.2, 0) is 4.79 Å². The van der Waals surface area contributed by atoms with Gasteiger partial charge < -0.3 is 19.8 Å². The van der Waals surface area contributed by atoms with E-state index in [2.05, 4.69) is 21.6 Å². The number of thioether (sulfide) groups is 1. The summed E-state index contributed by atoms with van der Waals surface area (Å²) in [4.78, 5) is 18.9. The van der Waals surface area contributed by atoms with E-state index in [4.69, 9.17) is 4.74 Å². The maximum atomic E-state index is 12.1. The molecule has 2 aromatic rings. The summed E-state index contributed by atoms with van der Waals surface area (Å²) >= 11 is 2.09. The molecule has 208 valence electrons. The fraction of sp³-hybridized carbons (Fsp3) is 0.643. The van der Waals surface area contributed by atoms with E-state index in [0.717, 1.165) is 52.7 Å². The molecule has 1 aromatic heterocycles. The lowest BCUT2D eigenvalue weighted by atomic mass is 9.81. The number of carboxylic acids is 1. The molecule has 4 rings (SSSR count). The molecule has 0 radical (unpaired) electrons. The number of benzene rings is 1. The van der Waals surface area contributed by atoms with E-state index in [9.17, 15) is 15.0 Å². The van der Waals surface area contributed by atoms with Gasteiger partial charge in [0.25, 0.3) is 0 Å². The van der Waals surface area contributed by atoms with Crippen LogP contribution in [0.3, 0.4) is 0 Å². The summed E-state index contributed by atoms with van der Waals surface area (Å²) in [5.74, 6) is 0.849. The zero-order valence-electron chi connectivity index (χ0n) is 21.7. The van der Waals surface area contributed by atoms with Gasteiger partial charge in [0.05, 0.1) is 24.6 Å². The Kier molecular flexibility index (Phi) is 13.8. The van der Waals surface area contributed by atoms with Gasteiger partial charge in [-0.15, -0.1) is 24.8 Å². The summed E-state index contributed by atoms with van der Waals surface area (Å²) in [7, 11) is 1.63. The number of aromatic nitrogens is 1. The minimum Gasteiger partial charge on any atom is -0.497 e. The molecule has 0 bridgehead atoms. The number of piperidine rings is 1. The Morgan fingerprint density at radius 2 is 1.92 bits per heavy atom. The van der Waals surface area contributed by atoms with Gasteiger partial charge in [0, 0.05) is 35.7 Å². The first kappa shape index (κ1) is 32.0. The lowest BCUT2D eigenvalue weighted by Gasteiger charge is -2.37. The van der Waals surface area contributed by atoms with Gasteiger partial charge in [-0.3, -0.25) is 9.78 Å². The zero-order chi connectivity index (χ0) is 24.6. The predicted molar refractivity (Wildman–Crippen MR) is 157 cm³/mol. The second kappa shape index (κ2) is 16.0. The first-order valence-electron chi connectivity index (χ1n) is 13.2. The van der Waals surface area contributed by atoms with Crippen molar-refractivity contribution in [1.82, 2.24) is 9.88 Å². The lowest BCUT2D eigenvalue weighted by molar-refractivity contribution is -0.146. The second-order valence-corrected chi connectivity index (χ2v) is 11.6. The number of aliphatic hydroxyl groups is 1. The van der Waals surface area contributed by atoms with Crippen LogP contribution in [0.2, 0.25) is 0 Å². The number of likely N-dealkylation sites (tertiary alicyclic amines) is 1. The molecule has 1 saturated carbocycles. The van der Waals surface area contributed by atoms with Gasteiger partial charge in [-0.2, -0.15) is 11.8 Å². The highest BCUT2D eigenvalue weighted by atomic mass is 35.5. The van der Waals surface area contributed by atoms with Crippen molar-refractivity contribution in [3.05, 3.63) is 36.0 Å². The molecule has 1 saturated heterocycles. The molecule has 2 aliphatic rings. The van der Waals surface area contributed by atoms with Crippen LogP contribution >= 0.6 is 36.6 Å². The van der Waals surface area contributed by atoms with E-state index in [-0.39, 0.29) is 36.6 Å². The van der Waals surface area contributed by atoms with Crippen molar-refractivity contribution in [3.63, 3.8) is 0 Å². The highest BCUT2D eigenvalue weighted by molar-refractivity contribution is 7.99. The number of aliphatic hydroxyl groups excluding tert-OH is 1. The number of methoxy groups -OCH3 is 1. The molecule has 2 fully saturated rings. The number of aliphatic carboxylic acids is 1. The Morgan fingerprint density at radius 3 is 2.62 bits per heavy atom. The summed E-state index contributed by atoms with van der Waals surface area (Å²) < 4.78 is 5.35. The number of ether oxygens (including phenoxy) is 1. The molecule has 3 unspecified atom stereocenters. The third kappa shape index (κ3) is 8.89. The predicted octanol–water partition coefficient (Wildman–Crippen LogP) is 6.38. The summed E-state index contributed by atoms with van der Waals surface area (Å²) in [6.07, 6.45) is 11.4. The maximum absolute atomic E-state index is 12.1.